The molecule has 1 unspecified atom stereocenters. The number of carbonyl (C=O) groups is 1. The fraction of sp³-hybridized carbons (Fsp3) is 0.500. The molecule has 0 aliphatic carbocycles. The number of aliphatic hydroxyl groups excluding tert-OH is 1. The summed E-state index contributed by atoms with van der Waals surface area (Å²) in [5.41, 5.74) is 0.503. The summed E-state index contributed by atoms with van der Waals surface area (Å²) in [4.78, 5) is 17.9. The summed E-state index contributed by atoms with van der Waals surface area (Å²) in [5, 5.41) is 9.22. The molecule has 92 valence electrons. The number of hydrogen-bond donors (Lipinski definition) is 1. The van der Waals surface area contributed by atoms with E-state index in [0.717, 1.165) is 12.8 Å². The molecule has 2 rings (SSSR count). The Hall–Kier alpha value is -1.62. The average molecular weight is 236 g/mol. The summed E-state index contributed by atoms with van der Waals surface area (Å²) < 4.78 is 5.12. The second kappa shape index (κ2) is 5.14. The Morgan fingerprint density at radius 2 is 2.53 bits per heavy atom. The number of rotatable bonds is 3. The van der Waals surface area contributed by atoms with Gasteiger partial charge in [0.15, 0.2) is 0 Å². The lowest BCUT2D eigenvalue weighted by Crippen LogP contribution is -2.37. The van der Waals surface area contributed by atoms with E-state index in [1.807, 2.05) is 0 Å². The van der Waals surface area contributed by atoms with Crippen LogP contribution in [0, 0.1) is 0 Å². The highest BCUT2D eigenvalue weighted by Crippen LogP contribution is 2.23. The molecule has 0 radical (unpaired) electrons. The lowest BCUT2D eigenvalue weighted by atomic mass is 10.2. The Balaban J connectivity index is 2.24. The number of hydrogen-bond acceptors (Lipinski definition) is 4. The third kappa shape index (κ3) is 2.24. The van der Waals surface area contributed by atoms with Crippen molar-refractivity contribution in [1.82, 2.24) is 9.88 Å². The number of aliphatic hydroxyl groups is 1. The van der Waals surface area contributed by atoms with Gasteiger partial charge < -0.3 is 14.7 Å². The number of ether oxygens (including phenoxy) is 1. The molecule has 2 heterocycles. The van der Waals surface area contributed by atoms with Crippen LogP contribution >= 0.6 is 0 Å². The van der Waals surface area contributed by atoms with E-state index in [1.54, 1.807) is 17.2 Å². The summed E-state index contributed by atoms with van der Waals surface area (Å²) >= 11 is 0. The van der Waals surface area contributed by atoms with Gasteiger partial charge in [-0.05, 0) is 18.9 Å². The van der Waals surface area contributed by atoms with Gasteiger partial charge in [0.1, 0.15) is 5.75 Å². The maximum absolute atomic E-state index is 12.3. The SMILES string of the molecule is COc1cnccc1C(=O)N1CCCC1CO. The van der Waals surface area contributed by atoms with Crippen LogP contribution in [0.2, 0.25) is 0 Å². The van der Waals surface area contributed by atoms with Crippen LogP contribution in [0.15, 0.2) is 18.5 Å². The first kappa shape index (κ1) is 11.9. The molecule has 0 bridgehead atoms. The number of likely N-dealkylation sites (tertiary alicyclic amines) is 1. The summed E-state index contributed by atoms with van der Waals surface area (Å²) in [6.45, 7) is 0.703. The van der Waals surface area contributed by atoms with E-state index in [-0.39, 0.29) is 18.6 Å². The normalized spacial score (nSPS) is 19.4. The van der Waals surface area contributed by atoms with E-state index in [4.69, 9.17) is 4.74 Å². The molecule has 1 fully saturated rings. The van der Waals surface area contributed by atoms with Crippen molar-refractivity contribution < 1.29 is 14.6 Å². The third-order valence-corrected chi connectivity index (χ3v) is 3.08. The fourth-order valence-corrected chi connectivity index (χ4v) is 2.17. The zero-order valence-corrected chi connectivity index (χ0v) is 9.80. The van der Waals surface area contributed by atoms with E-state index in [1.165, 1.54) is 13.3 Å². The van der Waals surface area contributed by atoms with Crippen molar-refractivity contribution in [1.29, 1.82) is 0 Å². The second-order valence-electron chi connectivity index (χ2n) is 4.05. The molecule has 1 aromatic rings. The zero-order chi connectivity index (χ0) is 12.3. The lowest BCUT2D eigenvalue weighted by Gasteiger charge is -2.23. The molecule has 0 saturated carbocycles. The minimum absolute atomic E-state index is 0.0130. The van der Waals surface area contributed by atoms with Gasteiger partial charge in [0.2, 0.25) is 0 Å². The first-order valence-electron chi connectivity index (χ1n) is 5.67. The van der Waals surface area contributed by atoms with E-state index >= 15 is 0 Å². The molecule has 5 heteroatoms. The van der Waals surface area contributed by atoms with Crippen molar-refractivity contribution in [3.8, 4) is 5.75 Å². The Morgan fingerprint density at radius 1 is 1.71 bits per heavy atom. The Bertz CT molecular complexity index is 408. The molecule has 1 aliphatic rings. The van der Waals surface area contributed by atoms with Gasteiger partial charge in [-0.2, -0.15) is 0 Å². The molecule has 17 heavy (non-hydrogen) atoms. The minimum Gasteiger partial charge on any atom is -0.494 e. The second-order valence-corrected chi connectivity index (χ2v) is 4.05. The fourth-order valence-electron chi connectivity index (χ4n) is 2.17. The van der Waals surface area contributed by atoms with Crippen molar-refractivity contribution in [3.05, 3.63) is 24.0 Å². The highest BCUT2D eigenvalue weighted by atomic mass is 16.5. The largest absolute Gasteiger partial charge is 0.494 e. The van der Waals surface area contributed by atoms with Crippen LogP contribution < -0.4 is 4.74 Å². The highest BCUT2D eigenvalue weighted by molar-refractivity contribution is 5.97. The third-order valence-electron chi connectivity index (χ3n) is 3.08. The minimum atomic E-state index is -0.0965. The zero-order valence-electron chi connectivity index (χ0n) is 9.80. The predicted octanol–water partition coefficient (Wildman–Crippen LogP) is 0.687. The molecular weight excluding hydrogens is 220 g/mol. The lowest BCUT2D eigenvalue weighted by molar-refractivity contribution is 0.0674. The van der Waals surface area contributed by atoms with Crippen LogP contribution in [0.25, 0.3) is 0 Å². The Kier molecular flexibility index (Phi) is 3.58. The van der Waals surface area contributed by atoms with Crippen molar-refractivity contribution in [2.75, 3.05) is 20.3 Å². The van der Waals surface area contributed by atoms with Crippen LogP contribution in [-0.2, 0) is 0 Å². The van der Waals surface area contributed by atoms with Gasteiger partial charge in [0.05, 0.1) is 31.5 Å². The van der Waals surface area contributed by atoms with E-state index in [0.29, 0.717) is 17.9 Å². The summed E-state index contributed by atoms with van der Waals surface area (Å²) in [6.07, 6.45) is 4.89. The molecular formula is C12H16N2O3. The number of pyridine rings is 1. The van der Waals surface area contributed by atoms with Gasteiger partial charge in [-0.15, -0.1) is 0 Å². The van der Waals surface area contributed by atoms with Crippen LogP contribution in [0.3, 0.4) is 0 Å². The van der Waals surface area contributed by atoms with E-state index < -0.39 is 0 Å². The predicted molar refractivity (Wildman–Crippen MR) is 61.9 cm³/mol. The van der Waals surface area contributed by atoms with E-state index in [9.17, 15) is 9.90 Å². The first-order valence-corrected chi connectivity index (χ1v) is 5.67. The van der Waals surface area contributed by atoms with Gasteiger partial charge in [-0.25, -0.2) is 0 Å². The molecule has 1 aromatic heterocycles. The van der Waals surface area contributed by atoms with Crippen LogP contribution in [0.5, 0.6) is 5.75 Å². The van der Waals surface area contributed by atoms with Gasteiger partial charge in [0.25, 0.3) is 5.91 Å². The summed E-state index contributed by atoms with van der Waals surface area (Å²) in [6, 6.07) is 1.58. The number of carbonyl (C=O) groups excluding carboxylic acids is 1. The Morgan fingerprint density at radius 3 is 3.24 bits per heavy atom. The molecule has 1 aliphatic heterocycles. The van der Waals surface area contributed by atoms with Gasteiger partial charge >= 0.3 is 0 Å². The first-order chi connectivity index (χ1) is 8.27. The maximum Gasteiger partial charge on any atom is 0.258 e. The number of methoxy groups -OCH3 is 1. The van der Waals surface area contributed by atoms with Crippen molar-refractivity contribution >= 4 is 5.91 Å². The van der Waals surface area contributed by atoms with Gasteiger partial charge in [0, 0.05) is 12.7 Å². The molecule has 1 amide bonds. The van der Waals surface area contributed by atoms with Crippen molar-refractivity contribution in [2.24, 2.45) is 0 Å². The Labute approximate surface area is 100 Å². The van der Waals surface area contributed by atoms with Crippen LogP contribution in [0.1, 0.15) is 23.2 Å². The topological polar surface area (TPSA) is 62.7 Å². The highest BCUT2D eigenvalue weighted by Gasteiger charge is 2.30. The smallest absolute Gasteiger partial charge is 0.258 e. The average Bonchev–Trinajstić information content (AvgIpc) is 2.86. The molecule has 5 nitrogen and oxygen atoms in total. The van der Waals surface area contributed by atoms with Crippen molar-refractivity contribution in [3.63, 3.8) is 0 Å². The number of nitrogens with zero attached hydrogens (tertiary/aromatic N) is 2. The summed E-state index contributed by atoms with van der Waals surface area (Å²) in [7, 11) is 1.52. The monoisotopic (exact) mass is 236 g/mol. The summed E-state index contributed by atoms with van der Waals surface area (Å²) in [5.74, 6) is 0.377. The van der Waals surface area contributed by atoms with E-state index in [2.05, 4.69) is 4.98 Å². The van der Waals surface area contributed by atoms with Gasteiger partial charge in [-0.1, -0.05) is 0 Å². The molecule has 0 spiro atoms. The maximum atomic E-state index is 12.3. The molecule has 1 saturated heterocycles. The number of amides is 1. The van der Waals surface area contributed by atoms with Crippen molar-refractivity contribution in [2.45, 2.75) is 18.9 Å². The quantitative estimate of drug-likeness (QED) is 0.838. The van der Waals surface area contributed by atoms with Gasteiger partial charge in [-0.3, -0.25) is 9.78 Å². The molecule has 1 atom stereocenters. The molecule has 0 aromatic carbocycles. The van der Waals surface area contributed by atoms with Crippen LogP contribution in [0.4, 0.5) is 0 Å². The molecule has 1 N–H and O–H groups in total. The standard InChI is InChI=1S/C12H16N2O3/c1-17-11-7-13-5-4-10(11)12(16)14-6-2-3-9(14)8-15/h4-5,7,9,15H,2-3,6,8H2,1H3. The van der Waals surface area contributed by atoms with Crippen LogP contribution in [-0.4, -0.2) is 47.2 Å². The number of aromatic nitrogens is 1.